The second kappa shape index (κ2) is 3.08. The van der Waals surface area contributed by atoms with Crippen LogP contribution in [-0.2, 0) is 5.41 Å². The van der Waals surface area contributed by atoms with Crippen LogP contribution in [0.2, 0.25) is 0 Å². The lowest BCUT2D eigenvalue weighted by molar-refractivity contribution is 0.351. The first-order valence-electron chi connectivity index (χ1n) is 5.18. The predicted molar refractivity (Wildman–Crippen MR) is 64.4 cm³/mol. The molecular weight excluding hydrogens is 254 g/mol. The van der Waals surface area contributed by atoms with E-state index >= 15 is 0 Å². The largest absolute Gasteiger partial charge is 0.496 e. The average molecular weight is 266 g/mol. The van der Waals surface area contributed by atoms with Gasteiger partial charge in [0, 0.05) is 11.6 Å². The summed E-state index contributed by atoms with van der Waals surface area (Å²) in [4.78, 5) is 4.50. The molecule has 1 aliphatic carbocycles. The highest BCUT2D eigenvalue weighted by Crippen LogP contribution is 2.51. The molecule has 1 spiro atoms. The number of rotatable bonds is 1. The Bertz CT molecular complexity index is 449. The molecule has 15 heavy (non-hydrogen) atoms. The molecule has 3 rings (SSSR count). The Hall–Kier alpha value is -0.830. The van der Waals surface area contributed by atoms with Gasteiger partial charge >= 0.3 is 0 Å². The maximum atomic E-state index is 5.33. The summed E-state index contributed by atoms with van der Waals surface area (Å²) in [6, 6.07) is 4.18. The third-order valence-corrected chi connectivity index (χ3v) is 4.12. The van der Waals surface area contributed by atoms with Crippen LogP contribution in [0.3, 0.4) is 0 Å². The van der Waals surface area contributed by atoms with Gasteiger partial charge in [-0.15, -0.1) is 0 Å². The molecule has 1 aliphatic heterocycles. The Morgan fingerprint density at radius 3 is 2.80 bits per heavy atom. The first-order valence-corrected chi connectivity index (χ1v) is 5.98. The van der Waals surface area contributed by atoms with E-state index in [4.69, 9.17) is 4.74 Å². The van der Waals surface area contributed by atoms with Gasteiger partial charge in [0.05, 0.1) is 17.3 Å². The van der Waals surface area contributed by atoms with E-state index < -0.39 is 0 Å². The van der Waals surface area contributed by atoms with Gasteiger partial charge in [-0.1, -0.05) is 6.42 Å². The molecule has 78 valence electrons. The third kappa shape index (κ3) is 1.19. The van der Waals surface area contributed by atoms with Crippen LogP contribution in [0.25, 0.3) is 0 Å². The second-order valence-corrected chi connectivity index (χ2v) is 5.13. The van der Waals surface area contributed by atoms with Crippen molar-refractivity contribution < 1.29 is 4.74 Å². The number of ether oxygens (including phenoxy) is 1. The predicted octanol–water partition coefficient (Wildman–Crippen LogP) is 3.60. The van der Waals surface area contributed by atoms with Crippen molar-refractivity contribution in [3.05, 3.63) is 22.2 Å². The van der Waals surface area contributed by atoms with Crippen molar-refractivity contribution in [1.29, 1.82) is 0 Å². The molecule has 0 unspecified atom stereocenters. The molecule has 0 N–H and O–H groups in total. The number of fused-ring (bicyclic) bond motifs is 2. The number of benzene rings is 1. The Kier molecular flexibility index (Phi) is 1.93. The molecule has 0 saturated heterocycles. The van der Waals surface area contributed by atoms with Crippen LogP contribution < -0.4 is 4.74 Å². The lowest BCUT2D eigenvalue weighted by atomic mass is 9.66. The highest BCUT2D eigenvalue weighted by Gasteiger charge is 2.42. The van der Waals surface area contributed by atoms with Crippen LogP contribution in [0.4, 0.5) is 5.69 Å². The first-order chi connectivity index (χ1) is 7.25. The van der Waals surface area contributed by atoms with E-state index in [-0.39, 0.29) is 5.41 Å². The van der Waals surface area contributed by atoms with E-state index in [0.29, 0.717) is 0 Å². The van der Waals surface area contributed by atoms with Crippen LogP contribution in [0.1, 0.15) is 24.8 Å². The van der Waals surface area contributed by atoms with Gasteiger partial charge in [-0.2, -0.15) is 0 Å². The summed E-state index contributed by atoms with van der Waals surface area (Å²) in [6.45, 7) is 0. The maximum Gasteiger partial charge on any atom is 0.133 e. The van der Waals surface area contributed by atoms with Crippen LogP contribution in [0, 0.1) is 0 Å². The van der Waals surface area contributed by atoms with Gasteiger partial charge < -0.3 is 4.74 Å². The normalized spacial score (nSPS) is 20.1. The molecule has 2 aliphatic rings. The molecular formula is C12H12BrNO. The molecule has 1 saturated carbocycles. The fourth-order valence-electron chi connectivity index (χ4n) is 2.42. The van der Waals surface area contributed by atoms with Gasteiger partial charge in [-0.05, 0) is 46.5 Å². The van der Waals surface area contributed by atoms with E-state index in [0.717, 1.165) is 15.9 Å². The lowest BCUT2D eigenvalue weighted by Crippen LogP contribution is -2.33. The van der Waals surface area contributed by atoms with Crippen molar-refractivity contribution in [3.8, 4) is 5.75 Å². The minimum absolute atomic E-state index is 0.239. The SMILES string of the molecule is COc1cc2c(cc1Br)N=CC21CCC1. The summed E-state index contributed by atoms with van der Waals surface area (Å²) in [5.41, 5.74) is 2.68. The van der Waals surface area contributed by atoms with E-state index in [1.807, 2.05) is 0 Å². The van der Waals surface area contributed by atoms with Crippen LogP contribution >= 0.6 is 15.9 Å². The quantitative estimate of drug-likeness (QED) is 0.761. The van der Waals surface area contributed by atoms with Crippen LogP contribution in [0.5, 0.6) is 5.75 Å². The number of aliphatic imine (C=N–C) groups is 1. The lowest BCUT2D eigenvalue weighted by Gasteiger charge is -2.36. The zero-order valence-electron chi connectivity index (χ0n) is 8.59. The van der Waals surface area contributed by atoms with E-state index in [9.17, 15) is 0 Å². The zero-order chi connectivity index (χ0) is 10.5. The van der Waals surface area contributed by atoms with Crippen molar-refractivity contribution in [2.75, 3.05) is 7.11 Å². The molecule has 0 bridgehead atoms. The van der Waals surface area contributed by atoms with Crippen LogP contribution in [-0.4, -0.2) is 13.3 Å². The fourth-order valence-corrected chi connectivity index (χ4v) is 2.92. The molecule has 3 heteroatoms. The topological polar surface area (TPSA) is 21.6 Å². The number of nitrogens with zero attached hydrogens (tertiary/aromatic N) is 1. The summed E-state index contributed by atoms with van der Waals surface area (Å²) in [5.74, 6) is 0.908. The molecule has 1 aromatic carbocycles. The molecule has 1 heterocycles. The van der Waals surface area contributed by atoms with Crippen molar-refractivity contribution in [2.45, 2.75) is 24.7 Å². The van der Waals surface area contributed by atoms with Crippen LogP contribution in [0.15, 0.2) is 21.6 Å². The first kappa shape index (κ1) is 9.40. The molecule has 0 amide bonds. The van der Waals surface area contributed by atoms with Gasteiger partial charge in [0.25, 0.3) is 0 Å². The monoisotopic (exact) mass is 265 g/mol. The van der Waals surface area contributed by atoms with Crippen molar-refractivity contribution in [1.82, 2.24) is 0 Å². The van der Waals surface area contributed by atoms with Gasteiger partial charge in [0.2, 0.25) is 0 Å². The minimum Gasteiger partial charge on any atom is -0.496 e. The standard InChI is InChI=1S/C12H12BrNO/c1-15-11-5-8-10(6-9(11)13)14-7-12(8)3-2-4-12/h5-7H,2-4H2,1H3. The van der Waals surface area contributed by atoms with Crippen molar-refractivity contribution >= 4 is 27.8 Å². The van der Waals surface area contributed by atoms with E-state index in [2.05, 4.69) is 39.3 Å². The van der Waals surface area contributed by atoms with Crippen molar-refractivity contribution in [2.24, 2.45) is 4.99 Å². The summed E-state index contributed by atoms with van der Waals surface area (Å²) in [7, 11) is 1.70. The maximum absolute atomic E-state index is 5.33. The Morgan fingerprint density at radius 1 is 1.40 bits per heavy atom. The van der Waals surface area contributed by atoms with E-state index in [1.165, 1.54) is 24.8 Å². The molecule has 2 nitrogen and oxygen atoms in total. The van der Waals surface area contributed by atoms with Gasteiger partial charge in [0.1, 0.15) is 5.75 Å². The number of hydrogen-bond donors (Lipinski definition) is 0. The Morgan fingerprint density at radius 2 is 2.20 bits per heavy atom. The average Bonchev–Trinajstić information content (AvgIpc) is 2.54. The van der Waals surface area contributed by atoms with Gasteiger partial charge in [0.15, 0.2) is 0 Å². The fraction of sp³-hybridized carbons (Fsp3) is 0.417. The number of hydrogen-bond acceptors (Lipinski definition) is 2. The highest BCUT2D eigenvalue weighted by molar-refractivity contribution is 9.10. The summed E-state index contributed by atoms with van der Waals surface area (Å²) in [5, 5.41) is 0. The number of methoxy groups -OCH3 is 1. The molecule has 1 aromatic rings. The van der Waals surface area contributed by atoms with Gasteiger partial charge in [-0.25, -0.2) is 0 Å². The third-order valence-electron chi connectivity index (χ3n) is 3.50. The molecule has 0 atom stereocenters. The minimum atomic E-state index is 0.239. The summed E-state index contributed by atoms with van der Waals surface area (Å²) >= 11 is 3.49. The van der Waals surface area contributed by atoms with E-state index in [1.54, 1.807) is 7.11 Å². The smallest absolute Gasteiger partial charge is 0.133 e. The zero-order valence-corrected chi connectivity index (χ0v) is 10.2. The molecule has 1 fully saturated rings. The molecule has 0 aromatic heterocycles. The van der Waals surface area contributed by atoms with Crippen molar-refractivity contribution in [3.63, 3.8) is 0 Å². The Labute approximate surface area is 97.5 Å². The summed E-state index contributed by atoms with van der Waals surface area (Å²) < 4.78 is 6.31. The number of halogens is 1. The van der Waals surface area contributed by atoms with Gasteiger partial charge in [-0.3, -0.25) is 4.99 Å². The summed E-state index contributed by atoms with van der Waals surface area (Å²) in [6.07, 6.45) is 5.89. The molecule has 0 radical (unpaired) electrons. The highest BCUT2D eigenvalue weighted by atomic mass is 79.9. The second-order valence-electron chi connectivity index (χ2n) is 4.27. The Balaban J connectivity index is 2.15.